The molecule has 1 aliphatic rings. The lowest BCUT2D eigenvalue weighted by Crippen LogP contribution is -2.24. The molecule has 1 aromatic heterocycles. The van der Waals surface area contributed by atoms with Gasteiger partial charge >= 0.3 is 0 Å². The van der Waals surface area contributed by atoms with E-state index in [1.54, 1.807) is 29.1 Å². The Labute approximate surface area is 122 Å². The minimum Gasteiger partial charge on any atom is -0.359 e. The topological polar surface area (TPSA) is 70.7 Å². The van der Waals surface area contributed by atoms with Crippen molar-refractivity contribution < 1.29 is 0 Å². The van der Waals surface area contributed by atoms with Crippen LogP contribution in [-0.4, -0.2) is 9.55 Å². The highest BCUT2D eigenvalue weighted by atomic mass is 16.1. The molecule has 106 valence electrons. The maximum atomic E-state index is 12.3. The fourth-order valence-electron chi connectivity index (χ4n) is 2.30. The van der Waals surface area contributed by atoms with E-state index in [0.717, 1.165) is 18.4 Å². The van der Waals surface area contributed by atoms with Crippen LogP contribution in [0.3, 0.4) is 0 Å². The van der Waals surface area contributed by atoms with Gasteiger partial charge in [0.15, 0.2) is 5.82 Å². The number of nitrogens with one attached hydrogen (secondary N) is 1. The molecule has 1 fully saturated rings. The van der Waals surface area contributed by atoms with Crippen molar-refractivity contribution in [3.8, 4) is 6.07 Å². The molecule has 1 aliphatic carbocycles. The second-order valence-electron chi connectivity index (χ2n) is 5.32. The van der Waals surface area contributed by atoms with E-state index in [-0.39, 0.29) is 11.6 Å². The Kier molecular flexibility index (Phi) is 3.44. The van der Waals surface area contributed by atoms with E-state index < -0.39 is 0 Å². The summed E-state index contributed by atoms with van der Waals surface area (Å²) in [6, 6.07) is 9.70. The Balaban J connectivity index is 1.81. The first kappa shape index (κ1) is 13.4. The lowest BCUT2D eigenvalue weighted by Gasteiger charge is -2.15. The summed E-state index contributed by atoms with van der Waals surface area (Å²) < 4.78 is 1.75. The van der Waals surface area contributed by atoms with E-state index in [0.29, 0.717) is 17.4 Å². The highest BCUT2D eigenvalue weighted by Crippen LogP contribution is 2.33. The Morgan fingerprint density at radius 2 is 2.10 bits per heavy atom. The average molecular weight is 280 g/mol. The largest absolute Gasteiger partial charge is 0.359 e. The number of anilines is 1. The Hall–Kier alpha value is -2.61. The van der Waals surface area contributed by atoms with Gasteiger partial charge in [-0.3, -0.25) is 4.79 Å². The summed E-state index contributed by atoms with van der Waals surface area (Å²) >= 11 is 0. The molecule has 0 aliphatic heterocycles. The van der Waals surface area contributed by atoms with Gasteiger partial charge in [-0.2, -0.15) is 5.26 Å². The van der Waals surface area contributed by atoms with Gasteiger partial charge in [-0.25, -0.2) is 4.98 Å². The number of hydrogen-bond acceptors (Lipinski definition) is 4. The van der Waals surface area contributed by atoms with Crippen LogP contribution in [0.15, 0.2) is 41.5 Å². The molecule has 0 radical (unpaired) electrons. The molecule has 1 N–H and O–H groups in total. The van der Waals surface area contributed by atoms with Crippen molar-refractivity contribution in [2.24, 2.45) is 0 Å². The van der Waals surface area contributed by atoms with Crippen molar-refractivity contribution in [3.05, 3.63) is 58.1 Å². The fourth-order valence-corrected chi connectivity index (χ4v) is 2.30. The van der Waals surface area contributed by atoms with Crippen LogP contribution in [0.2, 0.25) is 0 Å². The van der Waals surface area contributed by atoms with Crippen molar-refractivity contribution >= 4 is 5.82 Å². The summed E-state index contributed by atoms with van der Waals surface area (Å²) in [5.74, 6) is 0.376. The van der Waals surface area contributed by atoms with Crippen LogP contribution in [0.1, 0.15) is 43.0 Å². The zero-order valence-corrected chi connectivity index (χ0v) is 11.8. The molecular weight excluding hydrogens is 264 g/mol. The number of nitrogens with zero attached hydrogens (tertiary/aromatic N) is 3. The lowest BCUT2D eigenvalue weighted by molar-refractivity contribution is 0.696. The maximum absolute atomic E-state index is 12.3. The van der Waals surface area contributed by atoms with E-state index in [4.69, 9.17) is 5.26 Å². The first-order valence-electron chi connectivity index (χ1n) is 7.03. The van der Waals surface area contributed by atoms with Crippen molar-refractivity contribution in [3.63, 3.8) is 0 Å². The molecular formula is C16H16N4O. The quantitative estimate of drug-likeness (QED) is 0.934. The Morgan fingerprint density at radius 3 is 2.71 bits per heavy atom. The number of hydrogen-bond donors (Lipinski definition) is 1. The molecule has 1 atom stereocenters. The Bertz CT molecular complexity index is 738. The van der Waals surface area contributed by atoms with E-state index in [1.165, 1.54) is 0 Å². The van der Waals surface area contributed by atoms with Crippen molar-refractivity contribution in [1.29, 1.82) is 5.26 Å². The average Bonchev–Trinajstić information content (AvgIpc) is 3.34. The number of nitriles is 1. The van der Waals surface area contributed by atoms with Gasteiger partial charge < -0.3 is 9.88 Å². The molecule has 0 bridgehead atoms. The van der Waals surface area contributed by atoms with Gasteiger partial charge in [0.2, 0.25) is 0 Å². The summed E-state index contributed by atoms with van der Waals surface area (Å²) in [6.07, 6.45) is 5.54. The minimum absolute atomic E-state index is 0.0482. The summed E-state index contributed by atoms with van der Waals surface area (Å²) in [5.41, 5.74) is 1.57. The summed E-state index contributed by atoms with van der Waals surface area (Å²) in [6.45, 7) is 1.97. The molecule has 1 unspecified atom stereocenters. The second-order valence-corrected chi connectivity index (χ2v) is 5.32. The predicted octanol–water partition coefficient (Wildman–Crippen LogP) is 2.62. The molecule has 21 heavy (non-hydrogen) atoms. The molecule has 0 amide bonds. The molecule has 1 saturated carbocycles. The van der Waals surface area contributed by atoms with Crippen LogP contribution in [0.5, 0.6) is 0 Å². The highest BCUT2D eigenvalue weighted by Gasteiger charge is 2.25. The van der Waals surface area contributed by atoms with E-state index in [9.17, 15) is 4.79 Å². The third kappa shape index (κ3) is 2.79. The summed E-state index contributed by atoms with van der Waals surface area (Å²) in [5, 5.41) is 12.0. The van der Waals surface area contributed by atoms with Crippen molar-refractivity contribution in [2.45, 2.75) is 31.8 Å². The molecule has 0 spiro atoms. The maximum Gasteiger partial charge on any atom is 0.293 e. The minimum atomic E-state index is -0.0690. The normalized spacial score (nSPS) is 15.2. The Morgan fingerprint density at radius 1 is 1.38 bits per heavy atom. The third-order valence-corrected chi connectivity index (χ3v) is 3.70. The molecule has 1 aromatic carbocycles. The van der Waals surface area contributed by atoms with Crippen LogP contribution in [-0.2, 0) is 0 Å². The van der Waals surface area contributed by atoms with E-state index in [2.05, 4.69) is 16.4 Å². The summed E-state index contributed by atoms with van der Waals surface area (Å²) in [7, 11) is 0. The van der Waals surface area contributed by atoms with Gasteiger partial charge in [0, 0.05) is 18.4 Å². The number of rotatable bonds is 4. The van der Waals surface area contributed by atoms with Crippen LogP contribution < -0.4 is 10.9 Å². The molecule has 5 nitrogen and oxygen atoms in total. The molecule has 1 heterocycles. The van der Waals surface area contributed by atoms with Crippen LogP contribution in [0.4, 0.5) is 5.82 Å². The second kappa shape index (κ2) is 5.41. The third-order valence-electron chi connectivity index (χ3n) is 3.70. The fraction of sp³-hybridized carbons (Fsp3) is 0.312. The van der Waals surface area contributed by atoms with Crippen LogP contribution in [0, 0.1) is 11.3 Å². The van der Waals surface area contributed by atoms with Gasteiger partial charge in [0.05, 0.1) is 17.7 Å². The van der Waals surface area contributed by atoms with Gasteiger partial charge in [-0.1, -0.05) is 12.1 Å². The van der Waals surface area contributed by atoms with Crippen molar-refractivity contribution in [2.75, 3.05) is 5.32 Å². The predicted molar refractivity (Wildman–Crippen MR) is 80.0 cm³/mol. The van der Waals surface area contributed by atoms with Crippen LogP contribution >= 0.6 is 0 Å². The standard InChI is InChI=1S/C16H16N4O/c1-11(13-4-2-12(10-17)3-5-13)19-15-16(21)20(9-8-18-15)14-6-7-14/h2-5,8-9,11,14H,6-7H2,1H3,(H,18,19). The SMILES string of the molecule is CC(Nc1nccn(C2CC2)c1=O)c1ccc(C#N)cc1. The van der Waals surface area contributed by atoms with Gasteiger partial charge in [0.25, 0.3) is 5.56 Å². The zero-order valence-electron chi connectivity index (χ0n) is 11.8. The van der Waals surface area contributed by atoms with Gasteiger partial charge in [-0.15, -0.1) is 0 Å². The van der Waals surface area contributed by atoms with Crippen LogP contribution in [0.25, 0.3) is 0 Å². The smallest absolute Gasteiger partial charge is 0.293 e. The lowest BCUT2D eigenvalue weighted by atomic mass is 10.1. The first-order valence-corrected chi connectivity index (χ1v) is 7.03. The molecule has 3 rings (SSSR count). The number of benzene rings is 1. The zero-order chi connectivity index (χ0) is 14.8. The van der Waals surface area contributed by atoms with Crippen molar-refractivity contribution in [1.82, 2.24) is 9.55 Å². The number of aromatic nitrogens is 2. The first-order chi connectivity index (χ1) is 10.2. The molecule has 5 heteroatoms. The molecule has 2 aromatic rings. The van der Waals surface area contributed by atoms with E-state index in [1.807, 2.05) is 19.1 Å². The molecule has 0 saturated heterocycles. The monoisotopic (exact) mass is 280 g/mol. The van der Waals surface area contributed by atoms with Gasteiger partial charge in [-0.05, 0) is 37.5 Å². The van der Waals surface area contributed by atoms with Gasteiger partial charge in [0.1, 0.15) is 0 Å². The summed E-state index contributed by atoms with van der Waals surface area (Å²) in [4.78, 5) is 16.5. The van der Waals surface area contributed by atoms with E-state index >= 15 is 0 Å². The highest BCUT2D eigenvalue weighted by molar-refractivity contribution is 5.38.